The lowest BCUT2D eigenvalue weighted by Crippen LogP contribution is -2.15. The van der Waals surface area contributed by atoms with Gasteiger partial charge in [-0.25, -0.2) is 4.79 Å². The standard InChI is InChI=1S/C20H23ClO3/c1-12(2)24-20(22)16-8-6-7-13(3)17(16)11-23-19-10-18(21)14(4)9-15(19)5/h6-10,12H,11H2,1-5H3. The van der Waals surface area contributed by atoms with Crippen molar-refractivity contribution in [2.75, 3.05) is 0 Å². The van der Waals surface area contributed by atoms with E-state index >= 15 is 0 Å². The van der Waals surface area contributed by atoms with Gasteiger partial charge in [0.25, 0.3) is 0 Å². The number of benzene rings is 2. The zero-order valence-electron chi connectivity index (χ0n) is 14.8. The summed E-state index contributed by atoms with van der Waals surface area (Å²) < 4.78 is 11.3. The van der Waals surface area contributed by atoms with Gasteiger partial charge in [0.1, 0.15) is 12.4 Å². The molecule has 128 valence electrons. The number of halogens is 1. The molecule has 0 atom stereocenters. The van der Waals surface area contributed by atoms with E-state index in [1.54, 1.807) is 6.07 Å². The Bertz CT molecular complexity index is 751. The first-order chi connectivity index (χ1) is 11.3. The molecule has 0 spiro atoms. The van der Waals surface area contributed by atoms with Gasteiger partial charge >= 0.3 is 5.97 Å². The highest BCUT2D eigenvalue weighted by Crippen LogP contribution is 2.28. The van der Waals surface area contributed by atoms with Crippen LogP contribution in [0.4, 0.5) is 0 Å². The Balaban J connectivity index is 2.27. The van der Waals surface area contributed by atoms with Crippen LogP contribution in [0.1, 0.15) is 46.5 Å². The van der Waals surface area contributed by atoms with Crippen molar-refractivity contribution in [1.82, 2.24) is 0 Å². The van der Waals surface area contributed by atoms with E-state index in [0.717, 1.165) is 28.0 Å². The summed E-state index contributed by atoms with van der Waals surface area (Å²) in [6.07, 6.45) is -0.162. The molecule has 0 aliphatic carbocycles. The molecule has 2 rings (SSSR count). The van der Waals surface area contributed by atoms with Crippen LogP contribution in [-0.2, 0) is 11.3 Å². The maximum absolute atomic E-state index is 12.3. The third-order valence-corrected chi connectivity index (χ3v) is 4.21. The van der Waals surface area contributed by atoms with Crippen LogP contribution in [0.3, 0.4) is 0 Å². The Morgan fingerprint density at radius 2 is 1.79 bits per heavy atom. The van der Waals surface area contributed by atoms with Gasteiger partial charge in [-0.05, 0) is 63.4 Å². The summed E-state index contributed by atoms with van der Waals surface area (Å²) in [4.78, 5) is 12.3. The van der Waals surface area contributed by atoms with Gasteiger partial charge in [0.05, 0.1) is 11.7 Å². The fourth-order valence-corrected chi connectivity index (χ4v) is 2.63. The highest BCUT2D eigenvalue weighted by atomic mass is 35.5. The lowest BCUT2D eigenvalue weighted by atomic mass is 10.0. The summed E-state index contributed by atoms with van der Waals surface area (Å²) >= 11 is 6.18. The zero-order valence-corrected chi connectivity index (χ0v) is 15.5. The fourth-order valence-electron chi connectivity index (χ4n) is 2.48. The molecule has 0 heterocycles. The minimum atomic E-state index is -0.328. The van der Waals surface area contributed by atoms with Gasteiger partial charge < -0.3 is 9.47 Å². The molecule has 3 nitrogen and oxygen atoms in total. The Morgan fingerprint density at radius 1 is 1.08 bits per heavy atom. The number of hydrogen-bond donors (Lipinski definition) is 0. The maximum atomic E-state index is 12.3. The zero-order chi connectivity index (χ0) is 17.9. The van der Waals surface area contributed by atoms with Crippen LogP contribution >= 0.6 is 11.6 Å². The first-order valence-corrected chi connectivity index (χ1v) is 8.36. The molecule has 0 radical (unpaired) electrons. The molecule has 0 fully saturated rings. The number of aryl methyl sites for hydroxylation is 3. The predicted molar refractivity (Wildman–Crippen MR) is 97.0 cm³/mol. The molecule has 0 bridgehead atoms. The van der Waals surface area contributed by atoms with Crippen molar-refractivity contribution in [3.8, 4) is 5.75 Å². The first kappa shape index (κ1) is 18.3. The molecule has 0 amide bonds. The normalized spacial score (nSPS) is 10.8. The van der Waals surface area contributed by atoms with Crippen LogP contribution in [0.25, 0.3) is 0 Å². The Hall–Kier alpha value is -2.00. The number of rotatable bonds is 5. The SMILES string of the molecule is Cc1cc(C)c(OCc2c(C)cccc2C(=O)OC(C)C)cc1Cl. The van der Waals surface area contributed by atoms with Crippen LogP contribution < -0.4 is 4.74 Å². The number of carbonyl (C=O) groups excluding carboxylic acids is 1. The number of carbonyl (C=O) groups is 1. The van der Waals surface area contributed by atoms with E-state index in [0.29, 0.717) is 10.6 Å². The molecule has 0 saturated heterocycles. The third kappa shape index (κ3) is 4.30. The molecule has 24 heavy (non-hydrogen) atoms. The first-order valence-electron chi connectivity index (χ1n) is 7.98. The minimum Gasteiger partial charge on any atom is -0.489 e. The molecule has 0 aromatic heterocycles. The topological polar surface area (TPSA) is 35.5 Å². The predicted octanol–water partition coefficient (Wildman–Crippen LogP) is 5.41. The minimum absolute atomic E-state index is 0.162. The van der Waals surface area contributed by atoms with Gasteiger partial charge in [0, 0.05) is 10.6 Å². The van der Waals surface area contributed by atoms with E-state index in [1.807, 2.05) is 58.9 Å². The molecule has 0 unspecified atom stereocenters. The third-order valence-electron chi connectivity index (χ3n) is 3.80. The molecular weight excluding hydrogens is 324 g/mol. The Morgan fingerprint density at radius 3 is 2.46 bits per heavy atom. The van der Waals surface area contributed by atoms with Crippen molar-refractivity contribution in [3.05, 3.63) is 63.2 Å². The maximum Gasteiger partial charge on any atom is 0.338 e. The molecule has 0 saturated carbocycles. The van der Waals surface area contributed by atoms with Gasteiger partial charge in [-0.2, -0.15) is 0 Å². The largest absolute Gasteiger partial charge is 0.489 e. The van der Waals surface area contributed by atoms with Crippen molar-refractivity contribution in [3.63, 3.8) is 0 Å². The quantitative estimate of drug-likeness (QED) is 0.679. The van der Waals surface area contributed by atoms with E-state index in [9.17, 15) is 4.79 Å². The van der Waals surface area contributed by atoms with Crippen molar-refractivity contribution in [2.45, 2.75) is 47.3 Å². The van der Waals surface area contributed by atoms with Crippen molar-refractivity contribution in [1.29, 1.82) is 0 Å². The average Bonchev–Trinajstić information content (AvgIpc) is 2.49. The Kier molecular flexibility index (Phi) is 5.89. The Labute approximate surface area is 148 Å². The second-order valence-electron chi connectivity index (χ2n) is 6.21. The van der Waals surface area contributed by atoms with Crippen molar-refractivity contribution < 1.29 is 14.3 Å². The molecular formula is C20H23ClO3. The molecule has 2 aromatic rings. The van der Waals surface area contributed by atoms with Gasteiger partial charge in [-0.1, -0.05) is 29.8 Å². The lowest BCUT2D eigenvalue weighted by Gasteiger charge is -2.16. The molecule has 2 aromatic carbocycles. The smallest absolute Gasteiger partial charge is 0.338 e. The average molecular weight is 347 g/mol. The second-order valence-corrected chi connectivity index (χ2v) is 6.62. The summed E-state index contributed by atoms with van der Waals surface area (Å²) in [5.41, 5.74) is 4.39. The summed E-state index contributed by atoms with van der Waals surface area (Å²) in [5.74, 6) is 0.392. The van der Waals surface area contributed by atoms with E-state index in [1.165, 1.54) is 0 Å². The monoisotopic (exact) mass is 346 g/mol. The summed E-state index contributed by atoms with van der Waals surface area (Å²) in [5, 5.41) is 0.667. The summed E-state index contributed by atoms with van der Waals surface area (Å²) in [7, 11) is 0. The van der Waals surface area contributed by atoms with Gasteiger partial charge in [0.2, 0.25) is 0 Å². The van der Waals surface area contributed by atoms with Gasteiger partial charge in [-0.3, -0.25) is 0 Å². The van der Waals surface area contributed by atoms with Crippen LogP contribution in [0.5, 0.6) is 5.75 Å². The van der Waals surface area contributed by atoms with Crippen LogP contribution in [0, 0.1) is 20.8 Å². The van der Waals surface area contributed by atoms with Crippen molar-refractivity contribution >= 4 is 17.6 Å². The van der Waals surface area contributed by atoms with E-state index in [2.05, 4.69) is 0 Å². The lowest BCUT2D eigenvalue weighted by molar-refractivity contribution is 0.0375. The molecule has 0 aliphatic heterocycles. The van der Waals surface area contributed by atoms with Gasteiger partial charge in [0.15, 0.2) is 0 Å². The van der Waals surface area contributed by atoms with E-state index in [-0.39, 0.29) is 18.7 Å². The van der Waals surface area contributed by atoms with E-state index in [4.69, 9.17) is 21.1 Å². The van der Waals surface area contributed by atoms with Gasteiger partial charge in [-0.15, -0.1) is 0 Å². The number of esters is 1. The van der Waals surface area contributed by atoms with Crippen LogP contribution in [0.2, 0.25) is 5.02 Å². The number of ether oxygens (including phenoxy) is 2. The summed E-state index contributed by atoms with van der Waals surface area (Å²) in [6, 6.07) is 9.38. The number of hydrogen-bond acceptors (Lipinski definition) is 3. The molecule has 0 N–H and O–H groups in total. The molecule has 0 aliphatic rings. The van der Waals surface area contributed by atoms with Crippen LogP contribution in [-0.4, -0.2) is 12.1 Å². The van der Waals surface area contributed by atoms with Crippen LogP contribution in [0.15, 0.2) is 30.3 Å². The highest BCUT2D eigenvalue weighted by molar-refractivity contribution is 6.31. The fraction of sp³-hybridized carbons (Fsp3) is 0.350. The van der Waals surface area contributed by atoms with Crippen molar-refractivity contribution in [2.24, 2.45) is 0 Å². The summed E-state index contributed by atoms with van der Waals surface area (Å²) in [6.45, 7) is 9.85. The second kappa shape index (κ2) is 7.71. The molecule has 4 heteroatoms. The highest BCUT2D eigenvalue weighted by Gasteiger charge is 2.16. The van der Waals surface area contributed by atoms with E-state index < -0.39 is 0 Å².